The number of pyridine rings is 1. The smallest absolute Gasteiger partial charge is 0.264 e. The first-order chi connectivity index (χ1) is 12.2. The van der Waals surface area contributed by atoms with Crippen molar-refractivity contribution >= 4 is 28.3 Å². The molecule has 0 fully saturated rings. The predicted octanol–water partition coefficient (Wildman–Crippen LogP) is 1.72. The second-order valence-corrected chi connectivity index (χ2v) is 6.63. The normalized spacial score (nSPS) is 13.0. The highest BCUT2D eigenvalue weighted by atomic mass is 32.1. The monoisotopic (exact) mass is 360 g/mol. The summed E-state index contributed by atoms with van der Waals surface area (Å²) in [6.45, 7) is -0.0825. The number of hydrogen-bond acceptors (Lipinski definition) is 6. The fraction of sp³-hybridized carbons (Fsp3) is 0.412. The molecule has 2 aromatic rings. The number of likely N-dealkylation sites (N-methyl/N-ethyl adjacent to an activating group) is 1. The number of ether oxygens (including phenoxy) is 1. The number of nitrogens with zero attached hydrogens (tertiary/aromatic N) is 2. The third kappa shape index (κ3) is 4.54. The maximum atomic E-state index is 12.1. The van der Waals surface area contributed by atoms with E-state index >= 15 is 0 Å². The van der Waals surface area contributed by atoms with Crippen molar-refractivity contribution in [2.75, 3.05) is 19.0 Å². The van der Waals surface area contributed by atoms with Crippen molar-refractivity contribution in [2.45, 2.75) is 32.1 Å². The van der Waals surface area contributed by atoms with Gasteiger partial charge in [0, 0.05) is 29.9 Å². The lowest BCUT2D eigenvalue weighted by Gasteiger charge is -2.18. The van der Waals surface area contributed by atoms with Crippen LogP contribution in [0.3, 0.4) is 0 Å². The number of carbonyl (C=O) groups is 2. The molecule has 0 bridgehead atoms. The summed E-state index contributed by atoms with van der Waals surface area (Å²) in [6.07, 6.45) is 6.09. The molecule has 7 nitrogen and oxygen atoms in total. The highest BCUT2D eigenvalue weighted by molar-refractivity contribution is 7.13. The topological polar surface area (TPSA) is 93.2 Å². The Kier molecular flexibility index (Phi) is 5.60. The van der Waals surface area contributed by atoms with Crippen molar-refractivity contribution < 1.29 is 14.3 Å². The zero-order valence-corrected chi connectivity index (χ0v) is 14.8. The maximum absolute atomic E-state index is 12.1. The molecule has 0 aliphatic heterocycles. The molecule has 132 valence electrons. The molecule has 0 saturated carbocycles. The summed E-state index contributed by atoms with van der Waals surface area (Å²) in [4.78, 5) is 32.0. The summed E-state index contributed by atoms with van der Waals surface area (Å²) in [6, 6.07) is 1.81. The standard InChI is InChI=1S/C17H20N4O3S/c1-18-15(22)8-11-10-25-17(20-11)21-16(23)9-24-14-6-7-19-13-5-3-2-4-12(13)14/h6-7,10H,2-5,8-9H2,1H3,(H,18,22)(H,20,21,23). The summed E-state index contributed by atoms with van der Waals surface area (Å²) >= 11 is 1.29. The van der Waals surface area contributed by atoms with Crippen LogP contribution in [0.4, 0.5) is 5.13 Å². The third-order valence-electron chi connectivity index (χ3n) is 3.97. The summed E-state index contributed by atoms with van der Waals surface area (Å²) in [7, 11) is 1.58. The molecule has 0 radical (unpaired) electrons. The van der Waals surface area contributed by atoms with Crippen LogP contribution in [0.2, 0.25) is 0 Å². The summed E-state index contributed by atoms with van der Waals surface area (Å²) in [5.41, 5.74) is 2.82. The van der Waals surface area contributed by atoms with Crippen LogP contribution in [0.25, 0.3) is 0 Å². The largest absolute Gasteiger partial charge is 0.483 e. The third-order valence-corrected chi connectivity index (χ3v) is 4.78. The second kappa shape index (κ2) is 8.06. The SMILES string of the molecule is CNC(=O)Cc1csc(NC(=O)COc2ccnc3c2CCCC3)n1. The quantitative estimate of drug-likeness (QED) is 0.818. The Balaban J connectivity index is 1.54. The number of aryl methyl sites for hydroxylation is 1. The lowest BCUT2D eigenvalue weighted by Crippen LogP contribution is -2.21. The van der Waals surface area contributed by atoms with Gasteiger partial charge in [0.25, 0.3) is 5.91 Å². The molecule has 2 heterocycles. The van der Waals surface area contributed by atoms with Crippen molar-refractivity contribution in [1.29, 1.82) is 0 Å². The highest BCUT2D eigenvalue weighted by Crippen LogP contribution is 2.27. The summed E-state index contributed by atoms with van der Waals surface area (Å²) < 4.78 is 5.69. The van der Waals surface area contributed by atoms with Crippen molar-refractivity contribution in [3.8, 4) is 5.75 Å². The first kappa shape index (κ1) is 17.3. The van der Waals surface area contributed by atoms with E-state index in [1.54, 1.807) is 18.6 Å². The van der Waals surface area contributed by atoms with Gasteiger partial charge in [-0.1, -0.05) is 0 Å². The molecule has 2 amide bonds. The Hall–Kier alpha value is -2.48. The van der Waals surface area contributed by atoms with Gasteiger partial charge in [0.2, 0.25) is 5.91 Å². The Bertz CT molecular complexity index is 775. The molecule has 2 aromatic heterocycles. The van der Waals surface area contributed by atoms with E-state index < -0.39 is 0 Å². The zero-order valence-electron chi connectivity index (χ0n) is 14.0. The van der Waals surface area contributed by atoms with Crippen molar-refractivity contribution in [2.24, 2.45) is 0 Å². The van der Waals surface area contributed by atoms with Crippen LogP contribution in [-0.2, 0) is 28.9 Å². The van der Waals surface area contributed by atoms with Gasteiger partial charge in [0.15, 0.2) is 11.7 Å². The van der Waals surface area contributed by atoms with E-state index in [2.05, 4.69) is 20.6 Å². The molecular formula is C17H20N4O3S. The van der Waals surface area contributed by atoms with Gasteiger partial charge >= 0.3 is 0 Å². The van der Waals surface area contributed by atoms with Crippen molar-refractivity contribution in [1.82, 2.24) is 15.3 Å². The van der Waals surface area contributed by atoms with Crippen LogP contribution in [0.1, 0.15) is 29.8 Å². The van der Waals surface area contributed by atoms with Gasteiger partial charge in [-0.05, 0) is 31.7 Å². The van der Waals surface area contributed by atoms with E-state index in [1.165, 1.54) is 11.3 Å². The lowest BCUT2D eigenvalue weighted by atomic mass is 9.95. The molecule has 1 aliphatic carbocycles. The van der Waals surface area contributed by atoms with Crippen molar-refractivity contribution in [3.05, 3.63) is 34.6 Å². The van der Waals surface area contributed by atoms with E-state index in [0.29, 0.717) is 10.8 Å². The number of anilines is 1. The number of fused-ring (bicyclic) bond motifs is 1. The molecule has 0 aromatic carbocycles. The molecule has 0 atom stereocenters. The van der Waals surface area contributed by atoms with Gasteiger partial charge in [-0.2, -0.15) is 0 Å². The van der Waals surface area contributed by atoms with Gasteiger partial charge in [-0.25, -0.2) is 4.98 Å². The number of nitrogens with one attached hydrogen (secondary N) is 2. The Morgan fingerprint density at radius 2 is 2.12 bits per heavy atom. The first-order valence-electron chi connectivity index (χ1n) is 8.20. The number of amides is 2. The molecular weight excluding hydrogens is 340 g/mol. The zero-order chi connectivity index (χ0) is 17.6. The minimum atomic E-state index is -0.276. The Labute approximate surface area is 149 Å². The van der Waals surface area contributed by atoms with Gasteiger partial charge in [-0.15, -0.1) is 11.3 Å². The number of rotatable bonds is 6. The number of aromatic nitrogens is 2. The minimum absolute atomic E-state index is 0.0825. The molecule has 3 rings (SSSR count). The van der Waals surface area contributed by atoms with Crippen LogP contribution < -0.4 is 15.4 Å². The second-order valence-electron chi connectivity index (χ2n) is 5.77. The van der Waals surface area contributed by atoms with Gasteiger partial charge in [0.1, 0.15) is 5.75 Å². The van der Waals surface area contributed by atoms with Crippen molar-refractivity contribution in [3.63, 3.8) is 0 Å². The van der Waals surface area contributed by atoms with Crippen LogP contribution in [0, 0.1) is 0 Å². The fourth-order valence-electron chi connectivity index (χ4n) is 2.73. The van der Waals surface area contributed by atoms with E-state index in [4.69, 9.17) is 4.74 Å². The maximum Gasteiger partial charge on any atom is 0.264 e. The molecule has 2 N–H and O–H groups in total. The number of carbonyl (C=O) groups excluding carboxylic acids is 2. The molecule has 8 heteroatoms. The van der Waals surface area contributed by atoms with E-state index in [0.717, 1.165) is 42.7 Å². The average molecular weight is 360 g/mol. The average Bonchev–Trinajstić information content (AvgIpc) is 3.06. The highest BCUT2D eigenvalue weighted by Gasteiger charge is 2.16. The summed E-state index contributed by atoms with van der Waals surface area (Å²) in [5, 5.41) is 7.46. The Morgan fingerprint density at radius 1 is 1.28 bits per heavy atom. The molecule has 0 spiro atoms. The van der Waals surface area contributed by atoms with Crippen LogP contribution in [0.15, 0.2) is 17.6 Å². The molecule has 25 heavy (non-hydrogen) atoms. The van der Waals surface area contributed by atoms with Gasteiger partial charge < -0.3 is 10.1 Å². The summed E-state index contributed by atoms with van der Waals surface area (Å²) in [5.74, 6) is 0.343. The van der Waals surface area contributed by atoms with Crippen LogP contribution in [0.5, 0.6) is 5.75 Å². The van der Waals surface area contributed by atoms with Gasteiger partial charge in [0.05, 0.1) is 12.1 Å². The molecule has 0 unspecified atom stereocenters. The minimum Gasteiger partial charge on any atom is -0.483 e. The Morgan fingerprint density at radius 3 is 2.96 bits per heavy atom. The molecule has 0 saturated heterocycles. The van der Waals surface area contributed by atoms with E-state index in [1.807, 2.05) is 6.07 Å². The number of hydrogen-bond donors (Lipinski definition) is 2. The predicted molar refractivity (Wildman–Crippen MR) is 94.9 cm³/mol. The van der Waals surface area contributed by atoms with Gasteiger partial charge in [-0.3, -0.25) is 19.9 Å². The molecule has 1 aliphatic rings. The van der Waals surface area contributed by atoms with E-state index in [9.17, 15) is 9.59 Å². The van der Waals surface area contributed by atoms with Crippen LogP contribution >= 0.6 is 11.3 Å². The van der Waals surface area contributed by atoms with Crippen LogP contribution in [-0.4, -0.2) is 35.4 Å². The number of thiazole rings is 1. The first-order valence-corrected chi connectivity index (χ1v) is 9.08. The lowest BCUT2D eigenvalue weighted by molar-refractivity contribution is -0.120. The van der Waals surface area contributed by atoms with E-state index in [-0.39, 0.29) is 24.8 Å². The fourth-order valence-corrected chi connectivity index (χ4v) is 3.45.